The van der Waals surface area contributed by atoms with Gasteiger partial charge in [0.1, 0.15) is 5.82 Å². The average Bonchev–Trinajstić information content (AvgIpc) is 3.38. The molecule has 154 valence electrons. The van der Waals surface area contributed by atoms with Gasteiger partial charge in [-0.25, -0.2) is 14.7 Å². The van der Waals surface area contributed by atoms with Crippen LogP contribution in [0.25, 0.3) is 22.6 Å². The maximum absolute atomic E-state index is 12.2. The maximum Gasteiger partial charge on any atom is 0.298 e. The molecule has 3 aromatic heterocycles. The van der Waals surface area contributed by atoms with Crippen molar-refractivity contribution in [2.24, 2.45) is 0 Å². The van der Waals surface area contributed by atoms with Crippen LogP contribution in [0, 0.1) is 0 Å². The molecule has 0 spiro atoms. The zero-order valence-electron chi connectivity index (χ0n) is 15.4. The summed E-state index contributed by atoms with van der Waals surface area (Å²) in [7, 11) is -2.38. The molecule has 1 aromatic carbocycles. The second kappa shape index (κ2) is 7.78. The van der Waals surface area contributed by atoms with Crippen molar-refractivity contribution in [1.29, 1.82) is 0 Å². The third-order valence-corrected chi connectivity index (χ3v) is 5.45. The Hall–Kier alpha value is -3.41. The SMILES string of the molecule is CNS(=O)(=O)Nc1cnc2nc(-c3cc(NC(=O)c4ccco4)ccc3Cl)[nH]c2c1. The number of pyridine rings is 1. The molecule has 0 aliphatic rings. The number of aromatic nitrogens is 3. The second-order valence-electron chi connectivity index (χ2n) is 6.12. The van der Waals surface area contributed by atoms with Crippen molar-refractivity contribution in [3.05, 3.63) is 59.6 Å². The van der Waals surface area contributed by atoms with Gasteiger partial charge in [0.25, 0.3) is 16.1 Å². The van der Waals surface area contributed by atoms with Crippen LogP contribution in [0.4, 0.5) is 11.4 Å². The summed E-state index contributed by atoms with van der Waals surface area (Å²) >= 11 is 6.32. The van der Waals surface area contributed by atoms with Gasteiger partial charge in [-0.2, -0.15) is 8.42 Å². The van der Waals surface area contributed by atoms with Gasteiger partial charge in [-0.1, -0.05) is 11.6 Å². The molecular weight excluding hydrogens is 432 g/mol. The summed E-state index contributed by atoms with van der Waals surface area (Å²) in [5, 5.41) is 3.13. The fourth-order valence-electron chi connectivity index (χ4n) is 2.67. The summed E-state index contributed by atoms with van der Waals surface area (Å²) in [6, 6.07) is 9.67. The third kappa shape index (κ3) is 4.13. The smallest absolute Gasteiger partial charge is 0.298 e. The Labute approximate surface area is 175 Å². The van der Waals surface area contributed by atoms with Gasteiger partial charge in [0.2, 0.25) is 0 Å². The highest BCUT2D eigenvalue weighted by molar-refractivity contribution is 7.90. The van der Waals surface area contributed by atoms with Crippen LogP contribution in [-0.4, -0.2) is 36.3 Å². The lowest BCUT2D eigenvalue weighted by Crippen LogP contribution is -2.26. The number of fused-ring (bicyclic) bond motifs is 1. The number of nitrogens with zero attached hydrogens (tertiary/aromatic N) is 2. The largest absolute Gasteiger partial charge is 0.459 e. The number of imidazole rings is 1. The topological polar surface area (TPSA) is 142 Å². The van der Waals surface area contributed by atoms with Crippen molar-refractivity contribution in [3.63, 3.8) is 0 Å². The van der Waals surface area contributed by atoms with Crippen LogP contribution in [0.2, 0.25) is 5.02 Å². The van der Waals surface area contributed by atoms with Crippen LogP contribution >= 0.6 is 11.6 Å². The van der Waals surface area contributed by atoms with Gasteiger partial charge in [0.15, 0.2) is 11.4 Å². The van der Waals surface area contributed by atoms with Gasteiger partial charge in [-0.15, -0.1) is 0 Å². The zero-order valence-corrected chi connectivity index (χ0v) is 17.0. The minimum Gasteiger partial charge on any atom is -0.459 e. The van der Waals surface area contributed by atoms with Crippen LogP contribution in [-0.2, 0) is 10.2 Å². The van der Waals surface area contributed by atoms with E-state index in [2.05, 4.69) is 29.7 Å². The number of anilines is 2. The number of aromatic amines is 1. The van der Waals surface area contributed by atoms with E-state index in [4.69, 9.17) is 16.0 Å². The molecular formula is C18H15ClN6O4S. The number of benzene rings is 1. The fraction of sp³-hybridized carbons (Fsp3) is 0.0556. The van der Waals surface area contributed by atoms with Gasteiger partial charge in [-0.05, 0) is 36.4 Å². The number of halogens is 1. The van der Waals surface area contributed by atoms with E-state index in [1.165, 1.54) is 19.5 Å². The lowest BCUT2D eigenvalue weighted by Gasteiger charge is -2.07. The Bertz CT molecular complexity index is 1330. The summed E-state index contributed by atoms with van der Waals surface area (Å²) in [6.07, 6.45) is 2.76. The van der Waals surface area contributed by atoms with Crippen molar-refractivity contribution in [1.82, 2.24) is 19.7 Å². The molecule has 1 amide bonds. The molecule has 0 saturated carbocycles. The van der Waals surface area contributed by atoms with E-state index in [-0.39, 0.29) is 11.4 Å². The summed E-state index contributed by atoms with van der Waals surface area (Å²) < 4.78 is 32.9. The molecule has 12 heteroatoms. The van der Waals surface area contributed by atoms with E-state index in [9.17, 15) is 13.2 Å². The summed E-state index contributed by atoms with van der Waals surface area (Å²) in [5.74, 6) is 0.183. The first kappa shape index (κ1) is 19.9. The summed E-state index contributed by atoms with van der Waals surface area (Å²) in [5.41, 5.74) is 2.16. The van der Waals surface area contributed by atoms with Gasteiger partial charge in [0.05, 0.1) is 28.7 Å². The normalized spacial score (nSPS) is 11.5. The molecule has 10 nitrogen and oxygen atoms in total. The highest BCUT2D eigenvalue weighted by Crippen LogP contribution is 2.30. The molecule has 3 heterocycles. The Morgan fingerprint density at radius 2 is 2.03 bits per heavy atom. The summed E-state index contributed by atoms with van der Waals surface area (Å²) in [4.78, 5) is 23.8. The molecule has 4 aromatic rings. The van der Waals surface area contributed by atoms with Crippen molar-refractivity contribution >= 4 is 50.3 Å². The number of rotatable bonds is 6. The van der Waals surface area contributed by atoms with Crippen molar-refractivity contribution in [3.8, 4) is 11.4 Å². The highest BCUT2D eigenvalue weighted by atomic mass is 35.5. The molecule has 30 heavy (non-hydrogen) atoms. The number of furan rings is 1. The number of carbonyl (C=O) groups is 1. The molecule has 0 saturated heterocycles. The lowest BCUT2D eigenvalue weighted by molar-refractivity contribution is 0.0996. The molecule has 0 aliphatic heterocycles. The highest BCUT2D eigenvalue weighted by Gasteiger charge is 2.15. The standard InChI is InChI=1S/C18H15ClN6O4S/c1-20-30(27,28)25-11-8-14-17(21-9-11)24-16(23-14)12-7-10(4-5-13(12)19)22-18(26)15-3-2-6-29-15/h2-9,20,25H,1H3,(H,22,26)(H,21,23,24). The number of carbonyl (C=O) groups excluding carboxylic acids is 1. The maximum atomic E-state index is 12.2. The molecule has 4 rings (SSSR count). The number of H-pyrrole nitrogens is 1. The van der Waals surface area contributed by atoms with Crippen molar-refractivity contribution in [2.45, 2.75) is 0 Å². The van der Waals surface area contributed by atoms with E-state index in [1.807, 2.05) is 0 Å². The Morgan fingerprint density at radius 1 is 1.20 bits per heavy atom. The van der Waals surface area contributed by atoms with Crippen LogP contribution < -0.4 is 14.8 Å². The third-order valence-electron chi connectivity index (χ3n) is 4.08. The lowest BCUT2D eigenvalue weighted by atomic mass is 10.2. The molecule has 4 N–H and O–H groups in total. The first-order valence-corrected chi connectivity index (χ1v) is 10.4. The van der Waals surface area contributed by atoms with Gasteiger partial charge in [0, 0.05) is 18.3 Å². The van der Waals surface area contributed by atoms with E-state index in [1.54, 1.807) is 36.4 Å². The number of hydrogen-bond acceptors (Lipinski definition) is 6. The molecule has 0 radical (unpaired) electrons. The monoisotopic (exact) mass is 446 g/mol. The van der Waals surface area contributed by atoms with Crippen LogP contribution in [0.1, 0.15) is 10.6 Å². The molecule has 0 aliphatic carbocycles. The number of amides is 1. The predicted molar refractivity (Wildman–Crippen MR) is 113 cm³/mol. The Kier molecular flexibility index (Phi) is 5.16. The Morgan fingerprint density at radius 3 is 2.77 bits per heavy atom. The van der Waals surface area contributed by atoms with Crippen LogP contribution in [0.3, 0.4) is 0 Å². The van der Waals surface area contributed by atoms with Gasteiger partial charge >= 0.3 is 0 Å². The fourth-order valence-corrected chi connectivity index (χ4v) is 3.41. The minimum absolute atomic E-state index is 0.177. The predicted octanol–water partition coefficient (Wildman–Crippen LogP) is 3.00. The first-order chi connectivity index (χ1) is 14.3. The quantitative estimate of drug-likeness (QED) is 0.358. The number of nitrogens with one attached hydrogen (secondary N) is 4. The zero-order chi connectivity index (χ0) is 21.3. The summed E-state index contributed by atoms with van der Waals surface area (Å²) in [6.45, 7) is 0. The first-order valence-electron chi connectivity index (χ1n) is 8.56. The van der Waals surface area contributed by atoms with Gasteiger partial charge < -0.3 is 14.7 Å². The average molecular weight is 447 g/mol. The van der Waals surface area contributed by atoms with E-state index in [0.29, 0.717) is 33.3 Å². The number of hydrogen-bond donors (Lipinski definition) is 4. The minimum atomic E-state index is -3.67. The van der Waals surface area contributed by atoms with E-state index >= 15 is 0 Å². The van der Waals surface area contributed by atoms with Crippen molar-refractivity contribution < 1.29 is 17.6 Å². The van der Waals surface area contributed by atoms with Crippen molar-refractivity contribution in [2.75, 3.05) is 17.1 Å². The molecule has 0 atom stereocenters. The molecule has 0 bridgehead atoms. The van der Waals surface area contributed by atoms with E-state index < -0.39 is 16.1 Å². The van der Waals surface area contributed by atoms with E-state index in [0.717, 1.165) is 0 Å². The Balaban J connectivity index is 1.65. The van der Waals surface area contributed by atoms with Crippen LogP contribution in [0.15, 0.2) is 53.3 Å². The second-order valence-corrected chi connectivity index (χ2v) is 8.14. The molecule has 0 unspecified atom stereocenters. The van der Waals surface area contributed by atoms with Crippen LogP contribution in [0.5, 0.6) is 0 Å². The molecule has 0 fully saturated rings. The van der Waals surface area contributed by atoms with Gasteiger partial charge in [-0.3, -0.25) is 9.52 Å².